The fourth-order valence-corrected chi connectivity index (χ4v) is 5.51. The maximum absolute atomic E-state index is 12.8. The van der Waals surface area contributed by atoms with Gasteiger partial charge in [-0.2, -0.15) is 4.31 Å². The van der Waals surface area contributed by atoms with Crippen LogP contribution in [0.25, 0.3) is 0 Å². The highest BCUT2D eigenvalue weighted by Crippen LogP contribution is 2.24. The summed E-state index contributed by atoms with van der Waals surface area (Å²) in [4.78, 5) is 12.7. The summed E-state index contributed by atoms with van der Waals surface area (Å²) in [5, 5.41) is 2.67. The van der Waals surface area contributed by atoms with Gasteiger partial charge in [0.1, 0.15) is 0 Å². The Bertz CT molecular complexity index is 1090. The highest BCUT2D eigenvalue weighted by Gasteiger charge is 2.28. The Morgan fingerprint density at radius 3 is 2.10 bits per heavy atom. The zero-order chi connectivity index (χ0) is 21.2. The van der Waals surface area contributed by atoms with Crippen molar-refractivity contribution in [3.8, 4) is 0 Å². The number of nitrogens with zero attached hydrogens (tertiary/aromatic N) is 1. The molecule has 29 heavy (non-hydrogen) atoms. The molecule has 1 N–H and O–H groups in total. The summed E-state index contributed by atoms with van der Waals surface area (Å²) in [5.41, 5.74) is 0.754. The molecule has 1 amide bonds. The predicted molar refractivity (Wildman–Crippen MR) is 111 cm³/mol. The number of sulfonamides is 1. The molecule has 156 valence electrons. The van der Waals surface area contributed by atoms with Gasteiger partial charge in [0.15, 0.2) is 9.84 Å². The van der Waals surface area contributed by atoms with Crippen molar-refractivity contribution in [3.63, 3.8) is 0 Å². The minimum absolute atomic E-state index is 0.164. The standard InChI is InChI=1S/C20H24N2O5S2/c1-15-4-3-13-22(14-15)29(26,27)19-9-5-16(6-10-19)20(23)21-17-7-11-18(12-8-17)28(2,24)25/h5-12,15H,3-4,13-14H2,1-2H3,(H,21,23)/t15-/m1/s1. The van der Waals surface area contributed by atoms with Crippen molar-refractivity contribution in [2.24, 2.45) is 5.92 Å². The molecule has 2 aromatic carbocycles. The minimum atomic E-state index is -3.57. The van der Waals surface area contributed by atoms with Crippen molar-refractivity contribution in [3.05, 3.63) is 54.1 Å². The lowest BCUT2D eigenvalue weighted by Gasteiger charge is -2.30. The summed E-state index contributed by atoms with van der Waals surface area (Å²) < 4.78 is 50.1. The highest BCUT2D eigenvalue weighted by atomic mass is 32.2. The van der Waals surface area contributed by atoms with Gasteiger partial charge in [-0.05, 0) is 67.3 Å². The average molecular weight is 437 g/mol. The quantitative estimate of drug-likeness (QED) is 0.777. The normalized spacial score (nSPS) is 18.3. The molecule has 1 heterocycles. The van der Waals surface area contributed by atoms with E-state index in [-0.39, 0.29) is 9.79 Å². The Morgan fingerprint density at radius 1 is 0.966 bits per heavy atom. The first-order valence-corrected chi connectivity index (χ1v) is 12.6. The van der Waals surface area contributed by atoms with Crippen LogP contribution in [0.3, 0.4) is 0 Å². The molecule has 1 atom stereocenters. The Balaban J connectivity index is 1.72. The van der Waals surface area contributed by atoms with Crippen LogP contribution in [0.4, 0.5) is 5.69 Å². The van der Waals surface area contributed by atoms with Crippen LogP contribution < -0.4 is 5.32 Å². The molecule has 7 nitrogen and oxygen atoms in total. The summed E-state index contributed by atoms with van der Waals surface area (Å²) >= 11 is 0. The Hall–Kier alpha value is -2.23. The second-order valence-electron chi connectivity index (χ2n) is 7.39. The SMILES string of the molecule is C[C@@H]1CCCN(S(=O)(=O)c2ccc(C(=O)Nc3ccc(S(C)(=O)=O)cc3)cc2)C1. The van der Waals surface area contributed by atoms with Crippen LogP contribution in [0, 0.1) is 5.92 Å². The van der Waals surface area contributed by atoms with Gasteiger partial charge in [-0.25, -0.2) is 16.8 Å². The van der Waals surface area contributed by atoms with Gasteiger partial charge in [-0.15, -0.1) is 0 Å². The first-order chi connectivity index (χ1) is 13.6. The van der Waals surface area contributed by atoms with Crippen LogP contribution in [0.1, 0.15) is 30.1 Å². The van der Waals surface area contributed by atoms with Gasteiger partial charge < -0.3 is 5.32 Å². The molecule has 3 rings (SSSR count). The van der Waals surface area contributed by atoms with Gasteiger partial charge in [0.25, 0.3) is 5.91 Å². The van der Waals surface area contributed by atoms with Gasteiger partial charge in [-0.3, -0.25) is 4.79 Å². The summed E-state index contributed by atoms with van der Waals surface area (Å²) in [7, 11) is -6.88. The van der Waals surface area contributed by atoms with Gasteiger partial charge in [0.05, 0.1) is 9.79 Å². The smallest absolute Gasteiger partial charge is 0.255 e. The van der Waals surface area contributed by atoms with E-state index in [1.54, 1.807) is 0 Å². The minimum Gasteiger partial charge on any atom is -0.322 e. The maximum Gasteiger partial charge on any atom is 0.255 e. The Kier molecular flexibility index (Phi) is 6.11. The fraction of sp³-hybridized carbons (Fsp3) is 0.350. The molecule has 1 saturated heterocycles. The van der Waals surface area contributed by atoms with Crippen LogP contribution in [0.2, 0.25) is 0 Å². The molecule has 0 spiro atoms. The van der Waals surface area contributed by atoms with E-state index in [0.29, 0.717) is 30.3 Å². The van der Waals surface area contributed by atoms with Crippen LogP contribution in [-0.4, -0.2) is 46.4 Å². The molecule has 0 saturated carbocycles. The van der Waals surface area contributed by atoms with Gasteiger partial charge in [-0.1, -0.05) is 6.92 Å². The van der Waals surface area contributed by atoms with Crippen LogP contribution in [0.15, 0.2) is 58.3 Å². The van der Waals surface area contributed by atoms with E-state index < -0.39 is 25.8 Å². The van der Waals surface area contributed by atoms with E-state index >= 15 is 0 Å². The van der Waals surface area contributed by atoms with Crippen LogP contribution >= 0.6 is 0 Å². The zero-order valence-electron chi connectivity index (χ0n) is 16.3. The molecule has 1 aliphatic heterocycles. The van der Waals surface area contributed by atoms with Crippen molar-refractivity contribution in [2.75, 3.05) is 24.7 Å². The molecule has 9 heteroatoms. The van der Waals surface area contributed by atoms with Crippen LogP contribution in [0.5, 0.6) is 0 Å². The fourth-order valence-electron chi connectivity index (χ4n) is 3.28. The molecule has 0 radical (unpaired) electrons. The molecule has 0 aliphatic carbocycles. The van der Waals surface area contributed by atoms with E-state index in [1.165, 1.54) is 52.8 Å². The Labute approximate surface area is 171 Å². The lowest BCUT2D eigenvalue weighted by molar-refractivity contribution is 0.102. The Morgan fingerprint density at radius 2 is 1.55 bits per heavy atom. The molecule has 1 fully saturated rings. The number of piperidine rings is 1. The lowest BCUT2D eigenvalue weighted by atomic mass is 10.0. The number of rotatable bonds is 5. The maximum atomic E-state index is 12.8. The summed E-state index contributed by atoms with van der Waals surface area (Å²) in [6.45, 7) is 3.06. The third kappa shape index (κ3) is 5.04. The zero-order valence-corrected chi connectivity index (χ0v) is 18.0. The number of hydrogen-bond acceptors (Lipinski definition) is 5. The molecular weight excluding hydrogens is 412 g/mol. The number of benzene rings is 2. The molecule has 0 bridgehead atoms. The predicted octanol–water partition coefficient (Wildman–Crippen LogP) is 2.76. The number of hydrogen-bond donors (Lipinski definition) is 1. The summed E-state index contributed by atoms with van der Waals surface area (Å²) in [6.07, 6.45) is 2.98. The third-order valence-electron chi connectivity index (χ3n) is 4.91. The number of carbonyl (C=O) groups excluding carboxylic acids is 1. The van der Waals surface area contributed by atoms with Gasteiger partial charge in [0.2, 0.25) is 10.0 Å². The highest BCUT2D eigenvalue weighted by molar-refractivity contribution is 7.90. The molecule has 0 unspecified atom stereocenters. The van der Waals surface area contributed by atoms with Crippen molar-refractivity contribution in [1.29, 1.82) is 0 Å². The van der Waals surface area contributed by atoms with Gasteiger partial charge >= 0.3 is 0 Å². The molecular formula is C20H24N2O5S2. The topological polar surface area (TPSA) is 101 Å². The first-order valence-electron chi connectivity index (χ1n) is 9.29. The van der Waals surface area contributed by atoms with Crippen molar-refractivity contribution in [1.82, 2.24) is 4.31 Å². The molecule has 2 aromatic rings. The lowest BCUT2D eigenvalue weighted by Crippen LogP contribution is -2.39. The number of sulfone groups is 1. The summed E-state index contributed by atoms with van der Waals surface area (Å²) in [5.74, 6) is -0.0784. The van der Waals surface area contributed by atoms with E-state index in [2.05, 4.69) is 5.32 Å². The van der Waals surface area contributed by atoms with Crippen molar-refractivity contribution < 1.29 is 21.6 Å². The van der Waals surface area contributed by atoms with E-state index in [0.717, 1.165) is 19.1 Å². The van der Waals surface area contributed by atoms with Crippen LogP contribution in [-0.2, 0) is 19.9 Å². The monoisotopic (exact) mass is 436 g/mol. The van der Waals surface area contributed by atoms with Crippen molar-refractivity contribution in [2.45, 2.75) is 29.6 Å². The van der Waals surface area contributed by atoms with Crippen molar-refractivity contribution >= 4 is 31.5 Å². The second kappa shape index (κ2) is 8.25. The largest absolute Gasteiger partial charge is 0.322 e. The van der Waals surface area contributed by atoms with Gasteiger partial charge in [0, 0.05) is 30.6 Å². The molecule has 1 aliphatic rings. The second-order valence-corrected chi connectivity index (χ2v) is 11.3. The third-order valence-corrected chi connectivity index (χ3v) is 7.92. The van der Waals surface area contributed by atoms with E-state index in [9.17, 15) is 21.6 Å². The van der Waals surface area contributed by atoms with E-state index in [1.807, 2.05) is 6.92 Å². The number of carbonyl (C=O) groups is 1. The number of anilines is 1. The number of amides is 1. The first kappa shape index (κ1) is 21.5. The number of nitrogens with one attached hydrogen (secondary N) is 1. The van der Waals surface area contributed by atoms with E-state index in [4.69, 9.17) is 0 Å². The summed E-state index contributed by atoms with van der Waals surface area (Å²) in [6, 6.07) is 11.7. The average Bonchev–Trinajstić information content (AvgIpc) is 2.68. The molecule has 0 aromatic heterocycles.